The number of nitrogens with one attached hydrogen (secondary N) is 1. The lowest BCUT2D eigenvalue weighted by molar-refractivity contribution is -0.137. The molecule has 1 aliphatic rings. The van der Waals surface area contributed by atoms with E-state index in [1.807, 2.05) is 0 Å². The third-order valence-electron chi connectivity index (χ3n) is 3.33. The Hall–Kier alpha value is -1.26. The Morgan fingerprint density at radius 1 is 1.47 bits per heavy atom. The second kappa shape index (κ2) is 3.89. The molecule has 0 bridgehead atoms. The summed E-state index contributed by atoms with van der Waals surface area (Å²) in [6.07, 6.45) is -2.01. The van der Waals surface area contributed by atoms with Crippen molar-refractivity contribution in [1.29, 1.82) is 0 Å². The predicted molar refractivity (Wildman–Crippen MR) is 59.6 cm³/mol. The normalized spacial score (nSPS) is 22.3. The lowest BCUT2D eigenvalue weighted by Gasteiger charge is -2.10. The molecule has 1 unspecified atom stereocenters. The largest absolute Gasteiger partial charge is 0.416 e. The van der Waals surface area contributed by atoms with Crippen molar-refractivity contribution in [1.82, 2.24) is 4.98 Å². The minimum atomic E-state index is -4.31. The van der Waals surface area contributed by atoms with Crippen molar-refractivity contribution in [2.75, 3.05) is 11.9 Å². The number of hydrogen-bond acceptors (Lipinski definition) is 2. The zero-order valence-electron chi connectivity index (χ0n) is 9.80. The third kappa shape index (κ3) is 2.90. The summed E-state index contributed by atoms with van der Waals surface area (Å²) >= 11 is 0. The number of alkyl halides is 3. The molecule has 0 aliphatic heterocycles. The molecule has 1 N–H and O–H groups in total. The van der Waals surface area contributed by atoms with Gasteiger partial charge in [-0.15, -0.1) is 0 Å². The Bertz CT molecular complexity index is 412. The maximum atomic E-state index is 12.4. The Morgan fingerprint density at radius 3 is 2.65 bits per heavy atom. The fourth-order valence-electron chi connectivity index (χ4n) is 1.86. The fraction of sp³-hybridized carbons (Fsp3) is 0.583. The summed E-state index contributed by atoms with van der Waals surface area (Å²) in [5, 5.41) is 2.96. The van der Waals surface area contributed by atoms with Crippen LogP contribution in [0.5, 0.6) is 0 Å². The van der Waals surface area contributed by atoms with Gasteiger partial charge in [0, 0.05) is 12.7 Å². The second-order valence-electron chi connectivity index (χ2n) is 5.20. The molecule has 1 saturated carbocycles. The van der Waals surface area contributed by atoms with Crippen molar-refractivity contribution in [3.8, 4) is 0 Å². The van der Waals surface area contributed by atoms with Crippen LogP contribution in [0.1, 0.15) is 25.8 Å². The van der Waals surface area contributed by atoms with E-state index >= 15 is 0 Å². The first-order valence-corrected chi connectivity index (χ1v) is 5.56. The van der Waals surface area contributed by atoms with Crippen LogP contribution < -0.4 is 5.32 Å². The van der Waals surface area contributed by atoms with E-state index in [2.05, 4.69) is 24.1 Å². The number of hydrogen-bond donors (Lipinski definition) is 1. The highest BCUT2D eigenvalue weighted by Crippen LogP contribution is 2.51. The average Bonchev–Trinajstić information content (AvgIpc) is 2.83. The minimum Gasteiger partial charge on any atom is -0.370 e. The van der Waals surface area contributed by atoms with Crippen LogP contribution >= 0.6 is 0 Å². The van der Waals surface area contributed by atoms with E-state index in [4.69, 9.17) is 0 Å². The van der Waals surface area contributed by atoms with Crippen LogP contribution in [0.4, 0.5) is 19.0 Å². The maximum Gasteiger partial charge on any atom is 0.416 e. The summed E-state index contributed by atoms with van der Waals surface area (Å²) in [6, 6.07) is 2.03. The first kappa shape index (κ1) is 12.2. The molecule has 1 fully saturated rings. The molecule has 1 aromatic heterocycles. The molecule has 1 heterocycles. The summed E-state index contributed by atoms with van der Waals surface area (Å²) < 4.78 is 37.3. The Kier molecular flexibility index (Phi) is 2.79. The van der Waals surface area contributed by atoms with Crippen molar-refractivity contribution in [3.05, 3.63) is 23.9 Å². The summed E-state index contributed by atoms with van der Waals surface area (Å²) in [4.78, 5) is 3.89. The summed E-state index contributed by atoms with van der Waals surface area (Å²) in [7, 11) is 0. The van der Waals surface area contributed by atoms with Crippen LogP contribution in [-0.2, 0) is 6.18 Å². The lowest BCUT2D eigenvalue weighted by atomic mass is 10.1. The summed E-state index contributed by atoms with van der Waals surface area (Å²) in [5.41, 5.74) is -0.348. The molecular formula is C12H15F3N2. The first-order chi connectivity index (χ1) is 7.79. The van der Waals surface area contributed by atoms with Gasteiger partial charge < -0.3 is 5.32 Å². The van der Waals surface area contributed by atoms with Gasteiger partial charge >= 0.3 is 6.18 Å². The molecule has 0 radical (unpaired) electrons. The number of nitrogens with zero attached hydrogens (tertiary/aromatic N) is 1. The molecule has 0 spiro atoms. The number of anilines is 1. The Balaban J connectivity index is 1.98. The molecule has 2 rings (SSSR count). The van der Waals surface area contributed by atoms with Crippen LogP contribution in [0.3, 0.4) is 0 Å². The monoisotopic (exact) mass is 244 g/mol. The van der Waals surface area contributed by atoms with Crippen LogP contribution in [0.15, 0.2) is 18.3 Å². The Labute approximate surface area is 98.2 Å². The molecule has 0 aromatic carbocycles. The number of halogens is 3. The SMILES string of the molecule is CC1(C)CC1CNc1cc(C(F)(F)F)ccn1. The van der Waals surface area contributed by atoms with Gasteiger partial charge in [0.2, 0.25) is 0 Å². The highest BCUT2D eigenvalue weighted by molar-refractivity contribution is 5.38. The third-order valence-corrected chi connectivity index (χ3v) is 3.33. The Morgan fingerprint density at radius 2 is 2.12 bits per heavy atom. The van der Waals surface area contributed by atoms with Crippen LogP contribution in [0.2, 0.25) is 0 Å². The fourth-order valence-corrected chi connectivity index (χ4v) is 1.86. The molecule has 0 amide bonds. The van der Waals surface area contributed by atoms with Crippen molar-refractivity contribution >= 4 is 5.82 Å². The van der Waals surface area contributed by atoms with Gasteiger partial charge in [0.25, 0.3) is 0 Å². The van der Waals surface area contributed by atoms with Gasteiger partial charge in [0.15, 0.2) is 0 Å². The van der Waals surface area contributed by atoms with Gasteiger partial charge in [-0.1, -0.05) is 13.8 Å². The highest BCUT2D eigenvalue weighted by Gasteiger charge is 2.45. The van der Waals surface area contributed by atoms with Crippen molar-refractivity contribution < 1.29 is 13.2 Å². The van der Waals surface area contributed by atoms with Crippen molar-refractivity contribution in [3.63, 3.8) is 0 Å². The van der Waals surface area contributed by atoms with E-state index in [1.54, 1.807) is 0 Å². The van der Waals surface area contributed by atoms with Crippen LogP contribution in [-0.4, -0.2) is 11.5 Å². The number of rotatable bonds is 3. The van der Waals surface area contributed by atoms with E-state index in [9.17, 15) is 13.2 Å². The van der Waals surface area contributed by atoms with Gasteiger partial charge in [-0.05, 0) is 29.9 Å². The molecule has 1 aliphatic carbocycles. The second-order valence-corrected chi connectivity index (χ2v) is 5.20. The van der Waals surface area contributed by atoms with Crippen molar-refractivity contribution in [2.45, 2.75) is 26.4 Å². The maximum absolute atomic E-state index is 12.4. The molecule has 1 atom stereocenters. The minimum absolute atomic E-state index is 0.294. The van der Waals surface area contributed by atoms with Gasteiger partial charge in [0.1, 0.15) is 5.82 Å². The van der Waals surface area contributed by atoms with Crippen LogP contribution in [0, 0.1) is 11.3 Å². The number of pyridine rings is 1. The van der Waals surface area contributed by atoms with Gasteiger partial charge in [-0.3, -0.25) is 0 Å². The zero-order valence-corrected chi connectivity index (χ0v) is 9.80. The lowest BCUT2D eigenvalue weighted by Crippen LogP contribution is -2.10. The van der Waals surface area contributed by atoms with Gasteiger partial charge in [-0.2, -0.15) is 13.2 Å². The first-order valence-electron chi connectivity index (χ1n) is 5.56. The molecule has 17 heavy (non-hydrogen) atoms. The van der Waals surface area contributed by atoms with E-state index in [0.29, 0.717) is 23.7 Å². The molecular weight excluding hydrogens is 229 g/mol. The molecule has 1 aromatic rings. The molecule has 2 nitrogen and oxygen atoms in total. The summed E-state index contributed by atoms with van der Waals surface area (Å²) in [5.74, 6) is 0.821. The van der Waals surface area contributed by atoms with Crippen molar-refractivity contribution in [2.24, 2.45) is 11.3 Å². The van der Waals surface area contributed by atoms with E-state index in [0.717, 1.165) is 18.6 Å². The smallest absolute Gasteiger partial charge is 0.370 e. The van der Waals surface area contributed by atoms with E-state index in [1.165, 1.54) is 6.20 Å². The number of aromatic nitrogens is 1. The van der Waals surface area contributed by atoms with Gasteiger partial charge in [-0.25, -0.2) is 4.98 Å². The van der Waals surface area contributed by atoms with Crippen LogP contribution in [0.25, 0.3) is 0 Å². The standard InChI is InChI=1S/C12H15F3N2/c1-11(2)6-9(11)7-17-10-5-8(3-4-16-10)12(13,14)15/h3-5,9H,6-7H2,1-2H3,(H,16,17). The van der Waals surface area contributed by atoms with E-state index in [-0.39, 0.29) is 0 Å². The van der Waals surface area contributed by atoms with E-state index < -0.39 is 11.7 Å². The predicted octanol–water partition coefficient (Wildman–Crippen LogP) is 3.56. The topological polar surface area (TPSA) is 24.9 Å². The molecule has 94 valence electrons. The summed E-state index contributed by atoms with van der Waals surface area (Å²) in [6.45, 7) is 4.99. The molecule has 5 heteroatoms. The van der Waals surface area contributed by atoms with Gasteiger partial charge in [0.05, 0.1) is 5.56 Å². The highest BCUT2D eigenvalue weighted by atomic mass is 19.4. The average molecular weight is 244 g/mol. The molecule has 0 saturated heterocycles. The zero-order chi connectivity index (χ0) is 12.7. The quantitative estimate of drug-likeness (QED) is 0.879.